The lowest BCUT2D eigenvalue weighted by molar-refractivity contribution is -0.384. The predicted octanol–water partition coefficient (Wildman–Crippen LogP) is 2.98. The Morgan fingerprint density at radius 2 is 1.73 bits per heavy atom. The number of alkyl halides is 3. The minimum Gasteiger partial charge on any atom is -0.343 e. The van der Waals surface area contributed by atoms with E-state index in [2.05, 4.69) is 10.6 Å². The number of nitro groups is 1. The summed E-state index contributed by atoms with van der Waals surface area (Å²) >= 11 is 0. The molecule has 2 amide bonds. The van der Waals surface area contributed by atoms with Gasteiger partial charge in [0, 0.05) is 23.4 Å². The Bertz CT molecular complexity index is 835. The maximum Gasteiger partial charge on any atom is 0.416 e. The summed E-state index contributed by atoms with van der Waals surface area (Å²) in [6.45, 7) is -0.456. The second-order valence-electron chi connectivity index (χ2n) is 5.11. The van der Waals surface area contributed by atoms with Crippen LogP contribution in [0.15, 0.2) is 48.5 Å². The van der Waals surface area contributed by atoms with Crippen LogP contribution in [-0.2, 0) is 11.0 Å². The van der Waals surface area contributed by atoms with E-state index in [0.29, 0.717) is 0 Å². The van der Waals surface area contributed by atoms with Crippen molar-refractivity contribution in [3.05, 3.63) is 69.8 Å². The molecule has 0 spiro atoms. The first kappa shape index (κ1) is 18.9. The fraction of sp³-hybridized carbons (Fsp3) is 0.125. The molecule has 0 saturated heterocycles. The summed E-state index contributed by atoms with van der Waals surface area (Å²) in [5.41, 5.74) is -0.990. The standard InChI is InChI=1S/C16H12F3N3O4/c17-16(18,19)11-4-6-12(7-5-11)21-14(23)9-20-15(24)10-2-1-3-13(8-10)22(25)26/h1-8H,9H2,(H,20,24)(H,21,23). The predicted molar refractivity (Wildman–Crippen MR) is 85.5 cm³/mol. The molecule has 0 fully saturated rings. The van der Waals surface area contributed by atoms with Crippen LogP contribution in [0.1, 0.15) is 15.9 Å². The number of nitro benzene ring substituents is 1. The average Bonchev–Trinajstić information content (AvgIpc) is 2.59. The minimum absolute atomic E-state index is 0.00142. The third-order valence-corrected chi connectivity index (χ3v) is 3.22. The Morgan fingerprint density at radius 1 is 1.08 bits per heavy atom. The van der Waals surface area contributed by atoms with Gasteiger partial charge in [-0.3, -0.25) is 19.7 Å². The second-order valence-corrected chi connectivity index (χ2v) is 5.11. The number of hydrogen-bond donors (Lipinski definition) is 2. The van der Waals surface area contributed by atoms with Gasteiger partial charge < -0.3 is 10.6 Å². The van der Waals surface area contributed by atoms with Crippen molar-refractivity contribution in [1.82, 2.24) is 5.32 Å². The molecule has 2 rings (SSSR count). The highest BCUT2D eigenvalue weighted by Gasteiger charge is 2.29. The molecule has 0 aromatic heterocycles. The van der Waals surface area contributed by atoms with E-state index in [9.17, 15) is 32.9 Å². The van der Waals surface area contributed by atoms with Crippen LogP contribution in [0.25, 0.3) is 0 Å². The van der Waals surface area contributed by atoms with Gasteiger partial charge in [0.2, 0.25) is 5.91 Å². The molecule has 2 N–H and O–H groups in total. The van der Waals surface area contributed by atoms with Crippen LogP contribution < -0.4 is 10.6 Å². The zero-order valence-electron chi connectivity index (χ0n) is 13.0. The van der Waals surface area contributed by atoms with E-state index in [1.54, 1.807) is 0 Å². The first-order valence-electron chi connectivity index (χ1n) is 7.16. The zero-order chi connectivity index (χ0) is 19.3. The number of carbonyl (C=O) groups is 2. The molecule has 0 heterocycles. The van der Waals surface area contributed by atoms with Crippen molar-refractivity contribution in [2.45, 2.75) is 6.18 Å². The fourth-order valence-corrected chi connectivity index (χ4v) is 1.97. The summed E-state index contributed by atoms with van der Waals surface area (Å²) in [6.07, 6.45) is -4.48. The van der Waals surface area contributed by atoms with Crippen LogP contribution in [-0.4, -0.2) is 23.3 Å². The van der Waals surface area contributed by atoms with Gasteiger partial charge in [-0.25, -0.2) is 0 Å². The maximum atomic E-state index is 12.5. The minimum atomic E-state index is -4.48. The van der Waals surface area contributed by atoms with E-state index in [-0.39, 0.29) is 16.9 Å². The van der Waals surface area contributed by atoms with Crippen molar-refractivity contribution in [3.8, 4) is 0 Å². The number of halogens is 3. The molecular formula is C16H12F3N3O4. The number of rotatable bonds is 5. The Kier molecular flexibility index (Phi) is 5.55. The van der Waals surface area contributed by atoms with Crippen molar-refractivity contribution in [3.63, 3.8) is 0 Å². The van der Waals surface area contributed by atoms with Gasteiger partial charge in [-0.2, -0.15) is 13.2 Å². The maximum absolute atomic E-state index is 12.5. The Labute approximate surface area is 145 Å². The molecule has 0 aliphatic carbocycles. The highest BCUT2D eigenvalue weighted by atomic mass is 19.4. The molecule has 0 atom stereocenters. The molecule has 0 radical (unpaired) electrons. The van der Waals surface area contributed by atoms with Crippen LogP contribution in [0.5, 0.6) is 0 Å². The van der Waals surface area contributed by atoms with E-state index < -0.39 is 35.0 Å². The molecule has 0 bridgehead atoms. The zero-order valence-corrected chi connectivity index (χ0v) is 13.0. The molecule has 10 heteroatoms. The van der Waals surface area contributed by atoms with Crippen molar-refractivity contribution in [2.24, 2.45) is 0 Å². The Morgan fingerprint density at radius 3 is 2.31 bits per heavy atom. The number of carbonyl (C=O) groups excluding carboxylic acids is 2. The van der Waals surface area contributed by atoms with Crippen molar-refractivity contribution >= 4 is 23.2 Å². The normalized spacial score (nSPS) is 10.9. The summed E-state index contributed by atoms with van der Waals surface area (Å²) in [6, 6.07) is 8.75. The SMILES string of the molecule is O=C(CNC(=O)c1cccc([N+](=O)[O-])c1)Nc1ccc(C(F)(F)F)cc1. The molecule has 0 saturated carbocycles. The lowest BCUT2D eigenvalue weighted by Crippen LogP contribution is -2.32. The first-order valence-corrected chi connectivity index (χ1v) is 7.16. The molecule has 0 unspecified atom stereocenters. The van der Waals surface area contributed by atoms with Crippen molar-refractivity contribution < 1.29 is 27.7 Å². The quantitative estimate of drug-likeness (QED) is 0.627. The highest BCUT2D eigenvalue weighted by Crippen LogP contribution is 2.29. The third kappa shape index (κ3) is 5.03. The van der Waals surface area contributed by atoms with Crippen molar-refractivity contribution in [1.29, 1.82) is 0 Å². The van der Waals surface area contributed by atoms with Gasteiger partial charge in [-0.15, -0.1) is 0 Å². The number of amides is 2. The molecule has 2 aromatic rings. The summed E-state index contributed by atoms with van der Waals surface area (Å²) in [5, 5.41) is 15.3. The number of nitrogens with one attached hydrogen (secondary N) is 2. The van der Waals surface area contributed by atoms with Gasteiger partial charge in [-0.1, -0.05) is 6.07 Å². The van der Waals surface area contributed by atoms with Gasteiger partial charge in [0.15, 0.2) is 0 Å². The smallest absolute Gasteiger partial charge is 0.343 e. The van der Waals surface area contributed by atoms with E-state index in [0.717, 1.165) is 30.3 Å². The van der Waals surface area contributed by atoms with Gasteiger partial charge in [0.25, 0.3) is 11.6 Å². The highest BCUT2D eigenvalue weighted by molar-refractivity contribution is 5.99. The van der Waals surface area contributed by atoms with Crippen LogP contribution in [0.3, 0.4) is 0 Å². The molecule has 136 valence electrons. The van der Waals surface area contributed by atoms with Gasteiger partial charge in [0.1, 0.15) is 0 Å². The lowest BCUT2D eigenvalue weighted by Gasteiger charge is -2.09. The largest absolute Gasteiger partial charge is 0.416 e. The molecule has 7 nitrogen and oxygen atoms in total. The van der Waals surface area contributed by atoms with Gasteiger partial charge in [0.05, 0.1) is 17.0 Å². The number of anilines is 1. The first-order chi connectivity index (χ1) is 12.2. The summed E-state index contributed by atoms with van der Waals surface area (Å²) < 4.78 is 37.4. The second kappa shape index (κ2) is 7.64. The topological polar surface area (TPSA) is 101 Å². The fourth-order valence-electron chi connectivity index (χ4n) is 1.97. The summed E-state index contributed by atoms with van der Waals surface area (Å²) in [5.74, 6) is -1.36. The molecule has 0 aliphatic rings. The van der Waals surface area contributed by atoms with E-state index in [1.165, 1.54) is 18.2 Å². The monoisotopic (exact) mass is 367 g/mol. The Hall–Kier alpha value is -3.43. The average molecular weight is 367 g/mol. The van der Waals surface area contributed by atoms with E-state index in [4.69, 9.17) is 0 Å². The van der Waals surface area contributed by atoms with E-state index >= 15 is 0 Å². The number of nitrogens with zero attached hydrogens (tertiary/aromatic N) is 1. The molecule has 2 aromatic carbocycles. The molecule has 0 aliphatic heterocycles. The van der Waals surface area contributed by atoms with E-state index in [1.807, 2.05) is 0 Å². The van der Waals surface area contributed by atoms with Crippen molar-refractivity contribution in [2.75, 3.05) is 11.9 Å². The molecule has 26 heavy (non-hydrogen) atoms. The number of benzene rings is 2. The van der Waals surface area contributed by atoms with Gasteiger partial charge >= 0.3 is 6.18 Å². The lowest BCUT2D eigenvalue weighted by atomic mass is 10.2. The number of non-ortho nitro benzene ring substituents is 1. The summed E-state index contributed by atoms with van der Waals surface area (Å²) in [7, 11) is 0. The third-order valence-electron chi connectivity index (χ3n) is 3.22. The summed E-state index contributed by atoms with van der Waals surface area (Å²) in [4.78, 5) is 33.7. The molecular weight excluding hydrogens is 355 g/mol. The van der Waals surface area contributed by atoms with Gasteiger partial charge in [-0.05, 0) is 30.3 Å². The van der Waals surface area contributed by atoms with Crippen LogP contribution in [0.4, 0.5) is 24.5 Å². The Balaban J connectivity index is 1.91. The van der Waals surface area contributed by atoms with Crippen LogP contribution in [0, 0.1) is 10.1 Å². The van der Waals surface area contributed by atoms with Crippen LogP contribution in [0.2, 0.25) is 0 Å². The van der Waals surface area contributed by atoms with Crippen LogP contribution >= 0.6 is 0 Å². The number of hydrogen-bond acceptors (Lipinski definition) is 4.